The third kappa shape index (κ3) is 6.53. The molecule has 3 aromatic rings. The fourth-order valence-electron chi connectivity index (χ4n) is 2.67. The minimum atomic E-state index is -3.57. The first-order chi connectivity index (χ1) is 15.8. The number of Topliss-reactive ketones (excluding diaryl/α,β-unsaturated/α-hetero) is 1. The van der Waals surface area contributed by atoms with Gasteiger partial charge in [-0.05, 0) is 54.6 Å². The van der Waals surface area contributed by atoms with Crippen molar-refractivity contribution in [2.24, 2.45) is 10.2 Å². The number of azo groups is 1. The van der Waals surface area contributed by atoms with Gasteiger partial charge in [0.05, 0.1) is 27.7 Å². The number of ketones is 1. The second-order valence-corrected chi connectivity index (χ2v) is 8.93. The van der Waals surface area contributed by atoms with Crippen molar-refractivity contribution in [2.75, 3.05) is 6.61 Å². The number of phenols is 1. The van der Waals surface area contributed by atoms with Crippen LogP contribution < -0.4 is 0 Å². The van der Waals surface area contributed by atoms with Crippen molar-refractivity contribution < 1.29 is 27.9 Å². The van der Waals surface area contributed by atoms with E-state index in [1.807, 2.05) is 0 Å². The van der Waals surface area contributed by atoms with Crippen molar-refractivity contribution in [1.29, 1.82) is 0 Å². The molecule has 1 N–H and O–H groups in total. The number of hydrogen-bond donors (Lipinski definition) is 1. The zero-order valence-corrected chi connectivity index (χ0v) is 18.5. The molecule has 1 heterocycles. The predicted molar refractivity (Wildman–Crippen MR) is 119 cm³/mol. The van der Waals surface area contributed by atoms with E-state index in [2.05, 4.69) is 15.2 Å². The molecule has 0 amide bonds. The highest BCUT2D eigenvalue weighted by molar-refractivity contribution is 7.90. The van der Waals surface area contributed by atoms with Gasteiger partial charge in [0.25, 0.3) is 0 Å². The topological polar surface area (TPSA) is 135 Å². The Morgan fingerprint density at radius 1 is 1.00 bits per heavy atom. The van der Waals surface area contributed by atoms with Crippen molar-refractivity contribution in [1.82, 2.24) is 4.98 Å². The molecule has 33 heavy (non-hydrogen) atoms. The number of ether oxygens (including phenoxy) is 1. The van der Waals surface area contributed by atoms with Gasteiger partial charge in [-0.25, -0.2) is 13.2 Å². The van der Waals surface area contributed by atoms with E-state index >= 15 is 0 Å². The van der Waals surface area contributed by atoms with Crippen molar-refractivity contribution in [3.05, 3.63) is 78.1 Å². The molecular weight excluding hydrogens is 446 g/mol. The summed E-state index contributed by atoms with van der Waals surface area (Å²) in [6.45, 7) is 1.27. The summed E-state index contributed by atoms with van der Waals surface area (Å²) < 4.78 is 30.0. The van der Waals surface area contributed by atoms with Crippen LogP contribution in [0.25, 0.3) is 0 Å². The second-order valence-electron chi connectivity index (χ2n) is 6.94. The lowest BCUT2D eigenvalue weighted by Crippen LogP contribution is -2.13. The summed E-state index contributed by atoms with van der Waals surface area (Å²) in [6.07, 6.45) is 1.77. The van der Waals surface area contributed by atoms with E-state index in [4.69, 9.17) is 4.74 Å². The van der Waals surface area contributed by atoms with Crippen LogP contribution in [-0.4, -0.2) is 36.9 Å². The Bertz CT molecular complexity index is 1270. The van der Waals surface area contributed by atoms with Gasteiger partial charge in [0.2, 0.25) is 0 Å². The Morgan fingerprint density at radius 3 is 2.36 bits per heavy atom. The summed E-state index contributed by atoms with van der Waals surface area (Å²) in [5.74, 6) is -1.63. The van der Waals surface area contributed by atoms with Gasteiger partial charge < -0.3 is 9.84 Å². The van der Waals surface area contributed by atoms with Crippen LogP contribution in [0.3, 0.4) is 0 Å². The number of phenolic OH excluding ortho intramolecular Hbond substituents is 1. The molecule has 0 radical (unpaired) electrons. The Labute approximate surface area is 190 Å². The summed E-state index contributed by atoms with van der Waals surface area (Å²) >= 11 is 0. The Morgan fingerprint density at radius 2 is 1.70 bits per heavy atom. The summed E-state index contributed by atoms with van der Waals surface area (Å²) in [5, 5.41) is 17.9. The number of pyridine rings is 1. The number of nitrogens with zero attached hydrogens (tertiary/aromatic N) is 3. The van der Waals surface area contributed by atoms with Crippen molar-refractivity contribution in [2.45, 2.75) is 24.0 Å². The molecule has 0 saturated carbocycles. The zero-order chi connectivity index (χ0) is 23.8. The first-order valence-electron chi connectivity index (χ1n) is 9.95. The maximum Gasteiger partial charge on any atom is 0.342 e. The highest BCUT2D eigenvalue weighted by atomic mass is 32.2. The third-order valence-electron chi connectivity index (χ3n) is 4.50. The Balaban J connectivity index is 1.71. The van der Waals surface area contributed by atoms with Crippen LogP contribution in [0.15, 0.2) is 82.0 Å². The molecule has 0 spiro atoms. The summed E-state index contributed by atoms with van der Waals surface area (Å²) in [7, 11) is -3.57. The summed E-state index contributed by atoms with van der Waals surface area (Å²) in [5.41, 5.74) is 0.944. The fourth-order valence-corrected chi connectivity index (χ4v) is 3.95. The molecule has 0 aliphatic rings. The fraction of sp³-hybridized carbons (Fsp3) is 0.174. The van der Waals surface area contributed by atoms with E-state index in [0.29, 0.717) is 11.4 Å². The first kappa shape index (κ1) is 23.7. The van der Waals surface area contributed by atoms with Crippen LogP contribution in [-0.2, 0) is 25.1 Å². The molecule has 9 nitrogen and oxygen atoms in total. The van der Waals surface area contributed by atoms with E-state index in [1.165, 1.54) is 48.7 Å². The van der Waals surface area contributed by atoms with Gasteiger partial charge in [-0.3, -0.25) is 9.78 Å². The number of carbonyl (C=O) groups is 2. The number of benzene rings is 2. The third-order valence-corrected chi connectivity index (χ3v) is 6.17. The second kappa shape index (κ2) is 10.6. The molecule has 2 aromatic carbocycles. The van der Waals surface area contributed by atoms with E-state index < -0.39 is 15.8 Å². The Hall–Kier alpha value is -3.92. The van der Waals surface area contributed by atoms with Crippen molar-refractivity contribution in [3.63, 3.8) is 0 Å². The van der Waals surface area contributed by atoms with E-state index in [-0.39, 0.29) is 46.5 Å². The average Bonchev–Trinajstić information content (AvgIpc) is 2.82. The van der Waals surface area contributed by atoms with Gasteiger partial charge in [-0.2, -0.15) is 10.2 Å². The minimum Gasteiger partial charge on any atom is -0.507 e. The number of carbonyl (C=O) groups excluding carboxylic acids is 2. The van der Waals surface area contributed by atoms with Crippen molar-refractivity contribution >= 4 is 33.0 Å². The van der Waals surface area contributed by atoms with E-state index in [0.717, 1.165) is 0 Å². The number of esters is 1. The molecule has 10 heteroatoms. The number of aromatic nitrogens is 1. The normalized spacial score (nSPS) is 11.4. The smallest absolute Gasteiger partial charge is 0.342 e. The van der Waals surface area contributed by atoms with Crippen molar-refractivity contribution in [3.8, 4) is 5.75 Å². The van der Waals surface area contributed by atoms with Crippen LogP contribution in [0.5, 0.6) is 5.75 Å². The van der Waals surface area contributed by atoms with Gasteiger partial charge in [-0.15, -0.1) is 0 Å². The zero-order valence-electron chi connectivity index (χ0n) is 17.7. The lowest BCUT2D eigenvalue weighted by Gasteiger charge is -2.06. The highest BCUT2D eigenvalue weighted by Crippen LogP contribution is 2.26. The molecular formula is C23H21N3O6S. The van der Waals surface area contributed by atoms with Gasteiger partial charge >= 0.3 is 5.97 Å². The number of hydrogen-bond acceptors (Lipinski definition) is 9. The molecule has 1 aromatic heterocycles. The minimum absolute atomic E-state index is 0.128. The molecule has 0 aliphatic heterocycles. The molecule has 0 fully saturated rings. The SMILES string of the molecule is CCC(=O)COC(=O)c1cc(N=Nc2ccc(S(=O)(=O)Cc3ccccn3)cc2)ccc1O. The number of sulfone groups is 1. The van der Waals surface area contributed by atoms with Crippen LogP contribution in [0.2, 0.25) is 0 Å². The van der Waals surface area contributed by atoms with Gasteiger partial charge in [0.15, 0.2) is 15.6 Å². The predicted octanol–water partition coefficient (Wildman–Crippen LogP) is 4.31. The van der Waals surface area contributed by atoms with Crippen LogP contribution in [0.1, 0.15) is 29.4 Å². The summed E-state index contributed by atoms with van der Waals surface area (Å²) in [4.78, 5) is 27.6. The van der Waals surface area contributed by atoms with Gasteiger partial charge in [0.1, 0.15) is 17.9 Å². The van der Waals surface area contributed by atoms with Crippen LogP contribution in [0.4, 0.5) is 11.4 Å². The molecule has 170 valence electrons. The average molecular weight is 468 g/mol. The highest BCUT2D eigenvalue weighted by Gasteiger charge is 2.17. The standard InChI is InChI=1S/C23H21N3O6S/c1-2-19(27)14-32-23(29)21-13-17(8-11-22(21)28)26-25-16-6-9-20(10-7-16)33(30,31)15-18-5-3-4-12-24-18/h3-13,28H,2,14-15H2,1H3. The molecule has 0 unspecified atom stereocenters. The molecule has 0 atom stereocenters. The lowest BCUT2D eigenvalue weighted by molar-refractivity contribution is -0.121. The number of rotatable bonds is 9. The monoisotopic (exact) mass is 467 g/mol. The van der Waals surface area contributed by atoms with E-state index in [1.54, 1.807) is 25.1 Å². The molecule has 0 bridgehead atoms. The van der Waals surface area contributed by atoms with Gasteiger partial charge in [-0.1, -0.05) is 13.0 Å². The lowest BCUT2D eigenvalue weighted by atomic mass is 10.2. The largest absolute Gasteiger partial charge is 0.507 e. The molecule has 0 saturated heterocycles. The number of aromatic hydroxyl groups is 1. The maximum atomic E-state index is 12.6. The molecule has 0 aliphatic carbocycles. The summed E-state index contributed by atoms with van der Waals surface area (Å²) in [6, 6.07) is 14.9. The maximum absolute atomic E-state index is 12.6. The van der Waals surface area contributed by atoms with E-state index in [9.17, 15) is 23.1 Å². The molecule has 3 rings (SSSR count). The van der Waals surface area contributed by atoms with Gasteiger partial charge in [0, 0.05) is 12.6 Å². The van der Waals surface area contributed by atoms with Crippen LogP contribution >= 0.6 is 0 Å². The first-order valence-corrected chi connectivity index (χ1v) is 11.6. The van der Waals surface area contributed by atoms with Crippen LogP contribution in [0, 0.1) is 0 Å². The quantitative estimate of drug-likeness (QED) is 0.366. The Kier molecular flexibility index (Phi) is 7.62.